The number of carbonyl (C=O) groups is 6. The van der Waals surface area contributed by atoms with Crippen molar-refractivity contribution in [1.82, 2.24) is 9.97 Å². The number of hydrogen-bond acceptors (Lipinski definition) is 8. The second-order valence-corrected chi connectivity index (χ2v) is 13.6. The van der Waals surface area contributed by atoms with Crippen LogP contribution in [0.4, 0.5) is 17.1 Å². The summed E-state index contributed by atoms with van der Waals surface area (Å²) in [5, 5.41) is 0. The number of imide groups is 3. The Morgan fingerprint density at radius 1 is 0.298 bits per heavy atom. The molecule has 0 saturated carbocycles. The molecule has 6 aromatic carbocycles. The van der Waals surface area contributed by atoms with Crippen LogP contribution in [0.2, 0.25) is 0 Å². The lowest BCUT2D eigenvalue weighted by Gasteiger charge is -2.16. The standard InChI is InChI=1S/C46H25N5O6/c52-41-32-7-1-2-8-33(32)42(53)49(41)29-19-13-26(14-20-29)38-25-39(27-15-21-30(22-16-27)50-43(54)34-9-3-4-10-35(34)44(50)55)48-40(47-38)28-17-23-31(24-18-28)51-45(56)36-11-5-6-12-37(36)46(51)57/h1-25H. The minimum absolute atomic E-state index is 0.338. The van der Waals surface area contributed by atoms with Crippen LogP contribution in [0.15, 0.2) is 152 Å². The molecule has 0 unspecified atom stereocenters. The van der Waals surface area contributed by atoms with Gasteiger partial charge in [-0.25, -0.2) is 24.7 Å². The van der Waals surface area contributed by atoms with Crippen LogP contribution < -0.4 is 14.7 Å². The lowest BCUT2D eigenvalue weighted by atomic mass is 10.1. The molecule has 4 heterocycles. The SMILES string of the molecule is O=C1c2ccccc2C(=O)N1c1ccc(-c2cc(-c3ccc(N4C(=O)c5ccccc5C4=O)cc3)nc(-c3ccc(N4C(=O)c5ccccc5C4=O)cc3)n2)cc1. The number of rotatable bonds is 6. The minimum atomic E-state index is -0.404. The molecule has 3 aliphatic heterocycles. The molecule has 270 valence electrons. The van der Waals surface area contributed by atoms with Gasteiger partial charge in [0.15, 0.2) is 5.82 Å². The Labute approximate surface area is 324 Å². The van der Waals surface area contributed by atoms with E-state index in [1.165, 1.54) is 0 Å². The zero-order valence-corrected chi connectivity index (χ0v) is 29.6. The molecule has 0 atom stereocenters. The van der Waals surface area contributed by atoms with Crippen LogP contribution >= 0.6 is 0 Å². The lowest BCUT2D eigenvalue weighted by molar-refractivity contribution is 0.0910. The molecule has 0 fully saturated rings. The Morgan fingerprint density at radius 2 is 0.544 bits per heavy atom. The molecule has 57 heavy (non-hydrogen) atoms. The molecule has 6 amide bonds. The molecule has 0 spiro atoms. The van der Waals surface area contributed by atoms with E-state index in [9.17, 15) is 28.8 Å². The average Bonchev–Trinajstić information content (AvgIpc) is 3.78. The van der Waals surface area contributed by atoms with Gasteiger partial charge in [-0.2, -0.15) is 0 Å². The van der Waals surface area contributed by atoms with Crippen LogP contribution in [0.1, 0.15) is 62.1 Å². The summed E-state index contributed by atoms with van der Waals surface area (Å²) in [6.45, 7) is 0. The first-order chi connectivity index (χ1) is 27.8. The largest absolute Gasteiger partial charge is 0.268 e. The van der Waals surface area contributed by atoms with E-state index in [4.69, 9.17) is 9.97 Å². The van der Waals surface area contributed by atoms with Gasteiger partial charge in [0.25, 0.3) is 35.4 Å². The summed E-state index contributed by atoms with van der Waals surface area (Å²) in [6, 6.07) is 42.5. The fourth-order valence-electron chi connectivity index (χ4n) is 7.47. The summed E-state index contributed by atoms with van der Waals surface area (Å²) < 4.78 is 0. The Hall–Kier alpha value is -8.18. The predicted molar refractivity (Wildman–Crippen MR) is 211 cm³/mol. The number of nitrogens with zero attached hydrogens (tertiary/aromatic N) is 5. The zero-order valence-electron chi connectivity index (χ0n) is 29.6. The summed E-state index contributed by atoms with van der Waals surface area (Å²) in [4.78, 5) is 92.3. The van der Waals surface area contributed by atoms with Gasteiger partial charge in [-0.1, -0.05) is 60.7 Å². The van der Waals surface area contributed by atoms with E-state index in [1.54, 1.807) is 152 Å². The summed E-state index contributed by atoms with van der Waals surface area (Å²) >= 11 is 0. The highest BCUT2D eigenvalue weighted by atomic mass is 16.2. The topological polar surface area (TPSA) is 138 Å². The third-order valence-electron chi connectivity index (χ3n) is 10.3. The van der Waals surface area contributed by atoms with Gasteiger partial charge in [0.2, 0.25) is 0 Å². The molecule has 0 saturated heterocycles. The van der Waals surface area contributed by atoms with Crippen LogP contribution in [0.3, 0.4) is 0 Å². The molecular weight excluding hydrogens is 719 g/mol. The number of hydrogen-bond donors (Lipinski definition) is 0. The summed E-state index contributed by atoms with van der Waals surface area (Å²) in [5.74, 6) is -2.07. The maximum atomic E-state index is 13.2. The van der Waals surface area contributed by atoms with E-state index in [0.29, 0.717) is 84.3 Å². The van der Waals surface area contributed by atoms with Gasteiger partial charge in [0.05, 0.1) is 61.8 Å². The summed E-state index contributed by atoms with van der Waals surface area (Å²) in [5.41, 5.74) is 6.28. The molecule has 10 rings (SSSR count). The lowest BCUT2D eigenvalue weighted by Crippen LogP contribution is -2.29. The monoisotopic (exact) mass is 743 g/mol. The molecule has 0 N–H and O–H groups in total. The van der Waals surface area contributed by atoms with Gasteiger partial charge >= 0.3 is 0 Å². The van der Waals surface area contributed by atoms with E-state index in [1.807, 2.05) is 0 Å². The van der Waals surface area contributed by atoms with Crippen molar-refractivity contribution < 1.29 is 28.8 Å². The van der Waals surface area contributed by atoms with Gasteiger partial charge in [0.1, 0.15) is 0 Å². The second kappa shape index (κ2) is 12.7. The van der Waals surface area contributed by atoms with Crippen molar-refractivity contribution >= 4 is 52.5 Å². The number of carbonyl (C=O) groups excluding carboxylic acids is 6. The van der Waals surface area contributed by atoms with Crippen molar-refractivity contribution in [2.24, 2.45) is 0 Å². The molecule has 11 heteroatoms. The number of benzene rings is 6. The average molecular weight is 744 g/mol. The minimum Gasteiger partial charge on any atom is -0.268 e. The smallest absolute Gasteiger partial charge is 0.266 e. The fraction of sp³-hybridized carbons (Fsp3) is 0. The van der Waals surface area contributed by atoms with Crippen LogP contribution in [0.5, 0.6) is 0 Å². The predicted octanol–water partition coefficient (Wildman–Crippen LogP) is 7.88. The van der Waals surface area contributed by atoms with Crippen molar-refractivity contribution in [3.8, 4) is 33.9 Å². The number of fused-ring (bicyclic) bond motifs is 3. The molecule has 7 aromatic rings. The van der Waals surface area contributed by atoms with Gasteiger partial charge in [-0.15, -0.1) is 0 Å². The van der Waals surface area contributed by atoms with Crippen LogP contribution in [-0.4, -0.2) is 45.4 Å². The first-order valence-electron chi connectivity index (χ1n) is 17.9. The Morgan fingerprint density at radius 3 is 0.807 bits per heavy atom. The molecule has 0 bridgehead atoms. The third-order valence-corrected chi connectivity index (χ3v) is 10.3. The van der Waals surface area contributed by atoms with Gasteiger partial charge in [0, 0.05) is 16.7 Å². The molecule has 3 aliphatic rings. The number of amides is 6. The van der Waals surface area contributed by atoms with Crippen molar-refractivity contribution in [2.45, 2.75) is 0 Å². The Kier molecular flexibility index (Phi) is 7.45. The van der Waals surface area contributed by atoms with E-state index in [-0.39, 0.29) is 0 Å². The molecule has 11 nitrogen and oxygen atoms in total. The summed E-state index contributed by atoms with van der Waals surface area (Å²) in [6.07, 6.45) is 0. The second-order valence-electron chi connectivity index (χ2n) is 13.6. The van der Waals surface area contributed by atoms with Gasteiger partial charge < -0.3 is 0 Å². The first-order valence-corrected chi connectivity index (χ1v) is 17.9. The first kappa shape index (κ1) is 33.4. The molecule has 0 radical (unpaired) electrons. The Bertz CT molecular complexity index is 2490. The van der Waals surface area contributed by atoms with E-state index in [2.05, 4.69) is 0 Å². The van der Waals surface area contributed by atoms with E-state index >= 15 is 0 Å². The highest BCUT2D eigenvalue weighted by Gasteiger charge is 2.38. The quantitative estimate of drug-likeness (QED) is 0.157. The van der Waals surface area contributed by atoms with Crippen molar-refractivity contribution in [3.05, 3.63) is 185 Å². The molecule has 1 aromatic heterocycles. The summed E-state index contributed by atoms with van der Waals surface area (Å²) in [7, 11) is 0. The number of anilines is 3. The van der Waals surface area contributed by atoms with Gasteiger partial charge in [-0.05, 0) is 91.0 Å². The fourth-order valence-corrected chi connectivity index (χ4v) is 7.47. The number of aromatic nitrogens is 2. The van der Waals surface area contributed by atoms with Crippen LogP contribution in [0, 0.1) is 0 Å². The highest BCUT2D eigenvalue weighted by Crippen LogP contribution is 2.35. The zero-order chi connectivity index (χ0) is 38.9. The van der Waals surface area contributed by atoms with Crippen molar-refractivity contribution in [3.63, 3.8) is 0 Å². The Balaban J connectivity index is 1.01. The highest BCUT2D eigenvalue weighted by molar-refractivity contribution is 6.36. The van der Waals surface area contributed by atoms with E-state index in [0.717, 1.165) is 14.7 Å². The van der Waals surface area contributed by atoms with Crippen LogP contribution in [-0.2, 0) is 0 Å². The van der Waals surface area contributed by atoms with Crippen LogP contribution in [0.25, 0.3) is 33.9 Å². The van der Waals surface area contributed by atoms with E-state index < -0.39 is 35.4 Å². The molecule has 0 aliphatic carbocycles. The van der Waals surface area contributed by atoms with Gasteiger partial charge in [-0.3, -0.25) is 28.8 Å². The van der Waals surface area contributed by atoms with Crippen molar-refractivity contribution in [1.29, 1.82) is 0 Å². The maximum absolute atomic E-state index is 13.2. The van der Waals surface area contributed by atoms with Crippen molar-refractivity contribution in [2.75, 3.05) is 14.7 Å². The molecular formula is C46H25N5O6. The maximum Gasteiger partial charge on any atom is 0.266 e. The normalized spacial score (nSPS) is 14.4. The third kappa shape index (κ3) is 5.21.